The minimum atomic E-state index is 0.0991. The van der Waals surface area contributed by atoms with Crippen LogP contribution in [0.1, 0.15) is 74.7 Å². The molecule has 1 unspecified atom stereocenters. The molecule has 0 radical (unpaired) electrons. The number of hydrogen-bond acceptors (Lipinski definition) is 2. The van der Waals surface area contributed by atoms with E-state index in [0.29, 0.717) is 0 Å². The van der Waals surface area contributed by atoms with Gasteiger partial charge in [-0.15, -0.1) is 0 Å². The van der Waals surface area contributed by atoms with Gasteiger partial charge in [0.1, 0.15) is 11.9 Å². The molecular weight excluding hydrogens is 248 g/mol. The van der Waals surface area contributed by atoms with Gasteiger partial charge in [-0.05, 0) is 31.4 Å². The molecule has 20 heavy (non-hydrogen) atoms. The lowest BCUT2D eigenvalue weighted by atomic mass is 10.0. The molecule has 1 aliphatic rings. The third kappa shape index (κ3) is 3.84. The van der Waals surface area contributed by atoms with Crippen LogP contribution in [0, 0.1) is 0 Å². The van der Waals surface area contributed by atoms with Crippen molar-refractivity contribution in [3.63, 3.8) is 0 Å². The minimum Gasteiger partial charge on any atom is -0.489 e. The summed E-state index contributed by atoms with van der Waals surface area (Å²) < 4.78 is 6.01. The van der Waals surface area contributed by atoms with Crippen LogP contribution in [0.4, 0.5) is 0 Å². The van der Waals surface area contributed by atoms with E-state index in [1.165, 1.54) is 44.1 Å². The fourth-order valence-corrected chi connectivity index (χ4v) is 2.93. The van der Waals surface area contributed by atoms with Crippen LogP contribution in [0.2, 0.25) is 0 Å². The highest BCUT2D eigenvalue weighted by Crippen LogP contribution is 2.34. The van der Waals surface area contributed by atoms with Crippen molar-refractivity contribution < 1.29 is 9.53 Å². The van der Waals surface area contributed by atoms with Gasteiger partial charge in [0.2, 0.25) is 0 Å². The minimum absolute atomic E-state index is 0.0991. The number of ether oxygens (including phenoxy) is 1. The fraction of sp³-hybridized carbons (Fsp3) is 0.611. The summed E-state index contributed by atoms with van der Waals surface area (Å²) >= 11 is 0. The maximum Gasteiger partial charge on any atom is 0.163 e. The standard InChI is InChI=1S/C18H26O2/c1-3-4-5-6-7-8-11-16-13-15-10-9-12-17(14(2)19)18(15)20-16/h9-10,12,16H,3-8,11,13H2,1-2H3. The van der Waals surface area contributed by atoms with E-state index in [4.69, 9.17) is 4.74 Å². The SMILES string of the molecule is CCCCCCCCC1Cc2cccc(C(C)=O)c2O1. The molecule has 0 saturated carbocycles. The molecule has 0 spiro atoms. The van der Waals surface area contributed by atoms with Crippen molar-refractivity contribution >= 4 is 5.78 Å². The Labute approximate surface area is 122 Å². The molecule has 0 fully saturated rings. The van der Waals surface area contributed by atoms with Gasteiger partial charge in [0.25, 0.3) is 0 Å². The number of para-hydroxylation sites is 1. The highest BCUT2D eigenvalue weighted by atomic mass is 16.5. The van der Waals surface area contributed by atoms with Crippen LogP contribution in [0.25, 0.3) is 0 Å². The largest absolute Gasteiger partial charge is 0.489 e. The first-order chi connectivity index (χ1) is 9.72. The number of carbonyl (C=O) groups excluding carboxylic acids is 1. The Kier molecular flexibility index (Phi) is 5.63. The second-order valence-corrected chi connectivity index (χ2v) is 5.85. The van der Waals surface area contributed by atoms with E-state index in [0.717, 1.165) is 24.2 Å². The quantitative estimate of drug-likeness (QED) is 0.495. The smallest absolute Gasteiger partial charge is 0.163 e. The first-order valence-electron chi connectivity index (χ1n) is 8.02. The molecule has 1 atom stereocenters. The van der Waals surface area contributed by atoms with E-state index in [1.807, 2.05) is 12.1 Å². The molecule has 1 aliphatic heterocycles. The number of ketones is 1. The van der Waals surface area contributed by atoms with Crippen molar-refractivity contribution in [1.82, 2.24) is 0 Å². The lowest BCUT2D eigenvalue weighted by Gasteiger charge is -2.11. The van der Waals surface area contributed by atoms with E-state index in [-0.39, 0.29) is 11.9 Å². The predicted molar refractivity (Wildman–Crippen MR) is 82.6 cm³/mol. The average molecular weight is 274 g/mol. The van der Waals surface area contributed by atoms with Crippen molar-refractivity contribution in [3.05, 3.63) is 29.3 Å². The molecule has 0 amide bonds. The number of benzene rings is 1. The van der Waals surface area contributed by atoms with Gasteiger partial charge < -0.3 is 4.74 Å². The zero-order valence-electron chi connectivity index (χ0n) is 12.8. The summed E-state index contributed by atoms with van der Waals surface area (Å²) in [5.41, 5.74) is 1.95. The molecule has 2 nitrogen and oxygen atoms in total. The summed E-state index contributed by atoms with van der Waals surface area (Å²) in [6.07, 6.45) is 10.2. The third-order valence-corrected chi connectivity index (χ3v) is 4.09. The van der Waals surface area contributed by atoms with E-state index in [1.54, 1.807) is 6.92 Å². The maximum absolute atomic E-state index is 11.6. The van der Waals surface area contributed by atoms with Crippen molar-refractivity contribution in [2.75, 3.05) is 0 Å². The Balaban J connectivity index is 1.78. The van der Waals surface area contributed by atoms with E-state index >= 15 is 0 Å². The van der Waals surface area contributed by atoms with Gasteiger partial charge in [0, 0.05) is 6.42 Å². The number of rotatable bonds is 8. The molecule has 2 heteroatoms. The number of fused-ring (bicyclic) bond motifs is 1. The Morgan fingerprint density at radius 3 is 2.70 bits per heavy atom. The molecule has 110 valence electrons. The lowest BCUT2D eigenvalue weighted by Crippen LogP contribution is -2.13. The van der Waals surface area contributed by atoms with Gasteiger partial charge in [0.15, 0.2) is 5.78 Å². The maximum atomic E-state index is 11.6. The monoisotopic (exact) mass is 274 g/mol. The molecule has 1 aromatic carbocycles. The molecule has 0 N–H and O–H groups in total. The Morgan fingerprint density at radius 1 is 1.20 bits per heavy atom. The topological polar surface area (TPSA) is 26.3 Å². The summed E-state index contributed by atoms with van der Waals surface area (Å²) in [6, 6.07) is 5.92. The van der Waals surface area contributed by atoms with E-state index in [2.05, 4.69) is 13.0 Å². The Hall–Kier alpha value is -1.31. The summed E-state index contributed by atoms with van der Waals surface area (Å²) in [4.78, 5) is 11.6. The number of carbonyl (C=O) groups is 1. The first kappa shape index (κ1) is 15.1. The van der Waals surface area contributed by atoms with E-state index in [9.17, 15) is 4.79 Å². The van der Waals surface area contributed by atoms with Gasteiger partial charge in [-0.25, -0.2) is 0 Å². The Morgan fingerprint density at radius 2 is 1.95 bits per heavy atom. The zero-order chi connectivity index (χ0) is 14.4. The summed E-state index contributed by atoms with van der Waals surface area (Å²) in [6.45, 7) is 3.86. The molecule has 2 rings (SSSR count). The molecular formula is C18H26O2. The molecule has 1 heterocycles. The Bertz CT molecular complexity index is 451. The van der Waals surface area contributed by atoms with Gasteiger partial charge in [-0.2, -0.15) is 0 Å². The molecule has 0 saturated heterocycles. The van der Waals surface area contributed by atoms with Crippen LogP contribution in [-0.4, -0.2) is 11.9 Å². The van der Waals surface area contributed by atoms with Crippen molar-refractivity contribution in [2.24, 2.45) is 0 Å². The summed E-state index contributed by atoms with van der Waals surface area (Å²) in [5, 5.41) is 0. The van der Waals surface area contributed by atoms with Gasteiger partial charge in [-0.3, -0.25) is 4.79 Å². The lowest BCUT2D eigenvalue weighted by molar-refractivity contribution is 0.101. The second-order valence-electron chi connectivity index (χ2n) is 5.85. The van der Waals surface area contributed by atoms with Gasteiger partial charge in [-0.1, -0.05) is 51.2 Å². The van der Waals surface area contributed by atoms with Crippen molar-refractivity contribution in [3.8, 4) is 5.75 Å². The predicted octanol–water partition coefficient (Wildman–Crippen LogP) is 4.94. The van der Waals surface area contributed by atoms with Crippen LogP contribution in [0.5, 0.6) is 5.75 Å². The summed E-state index contributed by atoms with van der Waals surface area (Å²) in [7, 11) is 0. The van der Waals surface area contributed by atoms with Crippen LogP contribution >= 0.6 is 0 Å². The number of hydrogen-bond donors (Lipinski definition) is 0. The highest BCUT2D eigenvalue weighted by molar-refractivity contribution is 5.97. The molecule has 0 bridgehead atoms. The van der Waals surface area contributed by atoms with Gasteiger partial charge in [0.05, 0.1) is 5.56 Å². The molecule has 0 aliphatic carbocycles. The molecule has 0 aromatic heterocycles. The third-order valence-electron chi connectivity index (χ3n) is 4.09. The normalized spacial score (nSPS) is 16.8. The van der Waals surface area contributed by atoms with Crippen LogP contribution in [0.3, 0.4) is 0 Å². The van der Waals surface area contributed by atoms with Crippen molar-refractivity contribution in [1.29, 1.82) is 0 Å². The number of Topliss-reactive ketones (excluding diaryl/α,β-unsaturated/α-hetero) is 1. The highest BCUT2D eigenvalue weighted by Gasteiger charge is 2.25. The van der Waals surface area contributed by atoms with Crippen LogP contribution in [-0.2, 0) is 6.42 Å². The first-order valence-corrected chi connectivity index (χ1v) is 8.02. The number of unbranched alkanes of at least 4 members (excludes halogenated alkanes) is 5. The van der Waals surface area contributed by atoms with Crippen molar-refractivity contribution in [2.45, 2.75) is 71.3 Å². The average Bonchev–Trinajstić information content (AvgIpc) is 2.84. The zero-order valence-corrected chi connectivity index (χ0v) is 12.8. The fourth-order valence-electron chi connectivity index (χ4n) is 2.93. The van der Waals surface area contributed by atoms with E-state index < -0.39 is 0 Å². The van der Waals surface area contributed by atoms with Crippen LogP contribution in [0.15, 0.2) is 18.2 Å². The molecule has 1 aromatic rings. The second kappa shape index (κ2) is 7.47. The van der Waals surface area contributed by atoms with Gasteiger partial charge >= 0.3 is 0 Å². The van der Waals surface area contributed by atoms with Crippen LogP contribution < -0.4 is 4.74 Å². The summed E-state index contributed by atoms with van der Waals surface area (Å²) in [5.74, 6) is 0.943.